The number of amides is 1. The van der Waals surface area contributed by atoms with E-state index in [9.17, 15) is 17.8 Å². The van der Waals surface area contributed by atoms with E-state index in [0.29, 0.717) is 12.3 Å². The van der Waals surface area contributed by atoms with E-state index < -0.39 is 15.5 Å². The van der Waals surface area contributed by atoms with Gasteiger partial charge in [-0.1, -0.05) is 63.6 Å². The van der Waals surface area contributed by atoms with E-state index in [1.54, 1.807) is 12.1 Å². The normalized spacial score (nSPS) is 17.8. The zero-order valence-corrected chi connectivity index (χ0v) is 30.4. The van der Waals surface area contributed by atoms with Crippen molar-refractivity contribution < 1.29 is 22.3 Å². The summed E-state index contributed by atoms with van der Waals surface area (Å²) in [5, 5.41) is 3.02. The van der Waals surface area contributed by atoms with Gasteiger partial charge in [0, 0.05) is 60.4 Å². The molecule has 2 N–H and O–H groups in total. The molecule has 4 rings (SSSR count). The first-order valence-corrected chi connectivity index (χ1v) is 18.5. The highest BCUT2D eigenvalue weighted by Crippen LogP contribution is 2.48. The number of allylic oxidation sites excluding steroid dienone is 6. The number of likely N-dealkylation sites (N-methyl/N-ethyl adjacent to an activating group) is 1. The second-order valence-corrected chi connectivity index (χ2v) is 15.8. The summed E-state index contributed by atoms with van der Waals surface area (Å²) in [5.41, 5.74) is 7.42. The number of rotatable bonds is 14. The standard InChI is InChI=1S/C39H53N3O4S/c1-9-41-33-21-19-29(4)26-31(33)38(5,6)35(41)16-12-10-13-17-36-39(7,8)32-27-30(47(44,45)46)20-22-34(32)42(36)25-15-11-14-18-37(43)40-24-23-28(2)3/h10,12-13,16-17,19-22,26-28H,9,11,14-15,18,23-25H2,1-8H3,(H-,40,43,44,45,46)/p+1. The molecular weight excluding hydrogens is 607 g/mol. The Bertz CT molecular complexity index is 1710. The Hall–Kier alpha value is -3.49. The molecule has 8 heteroatoms. The monoisotopic (exact) mass is 660 g/mol. The highest BCUT2D eigenvalue weighted by molar-refractivity contribution is 7.85. The van der Waals surface area contributed by atoms with Crippen LogP contribution in [-0.4, -0.2) is 48.8 Å². The molecule has 0 aliphatic carbocycles. The van der Waals surface area contributed by atoms with Gasteiger partial charge >= 0.3 is 0 Å². The maximum atomic E-state index is 12.2. The summed E-state index contributed by atoms with van der Waals surface area (Å²) in [4.78, 5) is 14.5. The minimum Gasteiger partial charge on any atom is -0.356 e. The number of benzene rings is 2. The Kier molecular flexibility index (Phi) is 11.4. The summed E-state index contributed by atoms with van der Waals surface area (Å²) in [6.07, 6.45) is 14.6. The second kappa shape index (κ2) is 14.7. The van der Waals surface area contributed by atoms with Gasteiger partial charge in [0.25, 0.3) is 10.1 Å². The number of nitrogens with zero attached hydrogens (tertiary/aromatic N) is 2. The van der Waals surface area contributed by atoms with Gasteiger partial charge in [-0.2, -0.15) is 13.0 Å². The average Bonchev–Trinajstić information content (AvgIpc) is 3.33. The van der Waals surface area contributed by atoms with Crippen molar-refractivity contribution in [3.05, 3.63) is 89.2 Å². The van der Waals surface area contributed by atoms with Crippen molar-refractivity contribution in [2.24, 2.45) is 5.92 Å². The fraction of sp³-hybridized carbons (Fsp3) is 0.487. The van der Waals surface area contributed by atoms with E-state index in [-0.39, 0.29) is 16.2 Å². The van der Waals surface area contributed by atoms with Gasteiger partial charge in [-0.15, -0.1) is 0 Å². The molecule has 0 radical (unpaired) electrons. The number of anilines is 1. The molecule has 0 saturated heterocycles. The summed E-state index contributed by atoms with van der Waals surface area (Å²) < 4.78 is 36.0. The number of unbranched alkanes of at least 4 members (excludes halogenated alkanes) is 2. The molecule has 0 bridgehead atoms. The highest BCUT2D eigenvalue weighted by Gasteiger charge is 2.45. The van der Waals surface area contributed by atoms with Crippen LogP contribution in [-0.2, 0) is 25.7 Å². The summed E-state index contributed by atoms with van der Waals surface area (Å²) in [5.74, 6) is 0.673. The van der Waals surface area contributed by atoms with Gasteiger partial charge in [-0.3, -0.25) is 9.35 Å². The summed E-state index contributed by atoms with van der Waals surface area (Å²) in [7, 11) is -4.33. The number of hydrogen-bond donors (Lipinski definition) is 2. The molecule has 254 valence electrons. The lowest BCUT2D eigenvalue weighted by Gasteiger charge is -2.25. The first-order valence-electron chi connectivity index (χ1n) is 17.1. The van der Waals surface area contributed by atoms with Crippen molar-refractivity contribution >= 4 is 33.1 Å². The lowest BCUT2D eigenvalue weighted by molar-refractivity contribution is -0.438. The fourth-order valence-corrected chi connectivity index (χ4v) is 7.37. The Balaban J connectivity index is 1.54. The molecule has 2 aliphatic heterocycles. The second-order valence-electron chi connectivity index (χ2n) is 14.3. The zero-order valence-electron chi connectivity index (χ0n) is 29.6. The predicted molar refractivity (Wildman–Crippen MR) is 194 cm³/mol. The molecule has 0 spiro atoms. The third kappa shape index (κ3) is 8.15. The molecule has 0 aromatic heterocycles. The minimum absolute atomic E-state index is 0.0969. The Morgan fingerprint density at radius 1 is 0.979 bits per heavy atom. The third-order valence-electron chi connectivity index (χ3n) is 9.58. The number of aryl methyl sites for hydroxylation is 1. The molecule has 2 heterocycles. The van der Waals surface area contributed by atoms with Crippen LogP contribution in [0.25, 0.3) is 0 Å². The van der Waals surface area contributed by atoms with Crippen LogP contribution < -0.4 is 10.2 Å². The number of hydrogen-bond acceptors (Lipinski definition) is 4. The molecule has 0 atom stereocenters. The first kappa shape index (κ1) is 36.3. The zero-order chi connectivity index (χ0) is 34.6. The van der Waals surface area contributed by atoms with Gasteiger partial charge in [-0.25, -0.2) is 0 Å². The lowest BCUT2D eigenvalue weighted by Crippen LogP contribution is -2.28. The van der Waals surface area contributed by atoms with Gasteiger partial charge in [-0.05, 0) is 82.7 Å². The van der Waals surface area contributed by atoms with Gasteiger partial charge in [0.2, 0.25) is 11.6 Å². The quantitative estimate of drug-likeness (QED) is 0.0924. The maximum absolute atomic E-state index is 12.2. The molecule has 0 saturated carbocycles. The molecular formula is C39H54N3O4S+. The van der Waals surface area contributed by atoms with E-state index in [0.717, 1.165) is 62.3 Å². The molecule has 2 aliphatic rings. The van der Waals surface area contributed by atoms with E-state index >= 15 is 0 Å². The number of nitrogens with one attached hydrogen (secondary N) is 1. The topological polar surface area (TPSA) is 89.7 Å². The van der Waals surface area contributed by atoms with Gasteiger partial charge in [0.05, 0.1) is 10.3 Å². The largest absolute Gasteiger partial charge is 0.356 e. The Morgan fingerprint density at radius 2 is 1.72 bits per heavy atom. The smallest absolute Gasteiger partial charge is 0.294 e. The van der Waals surface area contributed by atoms with Crippen molar-refractivity contribution in [2.75, 3.05) is 24.5 Å². The maximum Gasteiger partial charge on any atom is 0.294 e. The number of fused-ring (bicyclic) bond motifs is 2. The van der Waals surface area contributed by atoms with Crippen LogP contribution >= 0.6 is 0 Å². The Morgan fingerprint density at radius 3 is 2.40 bits per heavy atom. The number of carbonyl (C=O) groups excluding carboxylic acids is 1. The fourth-order valence-electron chi connectivity index (χ4n) is 6.86. The third-order valence-corrected chi connectivity index (χ3v) is 10.4. The predicted octanol–water partition coefficient (Wildman–Crippen LogP) is 8.15. The molecule has 7 nitrogen and oxygen atoms in total. The van der Waals surface area contributed by atoms with Gasteiger partial charge < -0.3 is 10.2 Å². The minimum atomic E-state index is -4.33. The van der Waals surface area contributed by atoms with Gasteiger partial charge in [0.1, 0.15) is 6.54 Å². The molecule has 2 aromatic rings. The van der Waals surface area contributed by atoms with Crippen molar-refractivity contribution in [3.8, 4) is 0 Å². The van der Waals surface area contributed by atoms with Crippen LogP contribution in [0.3, 0.4) is 0 Å². The van der Waals surface area contributed by atoms with E-state index in [4.69, 9.17) is 0 Å². The number of carbonyl (C=O) groups is 1. The SMILES string of the molecule is CCN1\C(=C/C=C/C=C/C2=[N+](CCCCCC(=O)NCCC(C)C)c3ccc(S(=O)(=O)O)cc3C2(C)C)C(C)(C)c2cc(C)ccc21. The molecule has 0 fully saturated rings. The van der Waals surface area contributed by atoms with E-state index in [1.165, 1.54) is 28.6 Å². The molecule has 0 unspecified atom stereocenters. The molecule has 2 aromatic carbocycles. The first-order chi connectivity index (χ1) is 22.1. The van der Waals surface area contributed by atoms with Crippen molar-refractivity contribution in [2.45, 2.75) is 103 Å². The highest BCUT2D eigenvalue weighted by atomic mass is 32.2. The van der Waals surface area contributed by atoms with Gasteiger partial charge in [0.15, 0.2) is 5.71 Å². The van der Waals surface area contributed by atoms with Crippen LogP contribution in [0.5, 0.6) is 0 Å². The lowest BCUT2D eigenvalue weighted by atomic mass is 9.81. The Labute approximate surface area is 282 Å². The van der Waals surface area contributed by atoms with Crippen LogP contribution in [0.4, 0.5) is 11.4 Å². The van der Waals surface area contributed by atoms with Crippen LogP contribution in [0.15, 0.2) is 77.4 Å². The van der Waals surface area contributed by atoms with Crippen LogP contribution in [0, 0.1) is 12.8 Å². The van der Waals surface area contributed by atoms with Crippen molar-refractivity contribution in [1.82, 2.24) is 5.32 Å². The summed E-state index contributed by atoms with van der Waals surface area (Å²) >= 11 is 0. The average molecular weight is 661 g/mol. The van der Waals surface area contributed by atoms with Crippen LogP contribution in [0.2, 0.25) is 0 Å². The van der Waals surface area contributed by atoms with E-state index in [1.807, 2.05) is 6.08 Å². The molecule has 1 amide bonds. The van der Waals surface area contributed by atoms with Crippen molar-refractivity contribution in [3.63, 3.8) is 0 Å². The van der Waals surface area contributed by atoms with E-state index in [2.05, 4.69) is 113 Å². The molecule has 47 heavy (non-hydrogen) atoms. The summed E-state index contributed by atoms with van der Waals surface area (Å²) in [6.45, 7) is 19.7. The summed E-state index contributed by atoms with van der Waals surface area (Å²) in [6, 6.07) is 11.6. The van der Waals surface area contributed by atoms with Crippen molar-refractivity contribution in [1.29, 1.82) is 0 Å². The van der Waals surface area contributed by atoms with Crippen LogP contribution in [0.1, 0.15) is 97.3 Å².